The molecule has 0 saturated heterocycles. The number of carbonyl (C=O) groups is 1. The molecule has 3 aromatic rings. The normalized spacial score (nSPS) is 13.6. The van der Waals surface area contributed by atoms with Crippen molar-refractivity contribution in [3.8, 4) is 11.1 Å². The van der Waals surface area contributed by atoms with Gasteiger partial charge in [0.05, 0.1) is 23.5 Å². The lowest BCUT2D eigenvalue weighted by molar-refractivity contribution is -0.114. The van der Waals surface area contributed by atoms with Crippen molar-refractivity contribution in [2.75, 3.05) is 0 Å². The number of benzene rings is 2. The Morgan fingerprint density at radius 3 is 2.48 bits per heavy atom. The Morgan fingerprint density at radius 2 is 1.76 bits per heavy atom. The van der Waals surface area contributed by atoms with Crippen molar-refractivity contribution in [1.29, 1.82) is 0 Å². The fraction of sp³-hybridized carbons (Fsp3) is 0.100. The van der Waals surface area contributed by atoms with Crippen molar-refractivity contribution < 1.29 is 4.79 Å². The molecule has 0 atom stereocenters. The summed E-state index contributed by atoms with van der Waals surface area (Å²) in [5.74, 6) is 0.0533. The molecule has 0 aliphatic carbocycles. The van der Waals surface area contributed by atoms with E-state index in [4.69, 9.17) is 28.3 Å². The molecule has 3 nitrogen and oxygen atoms in total. The monoisotopic (exact) mass is 368 g/mol. The standard InChI is InChI=1S/C20H14Cl2N2O/c1-12-20(13-5-7-15(21)8-6-13)19-11-17(25)10-18(24(19)23-12)14-3-2-4-16(22)9-14/h2-10H,11H2,1H3. The zero-order chi connectivity index (χ0) is 17.6. The smallest absolute Gasteiger partial charge is 0.163 e. The molecule has 124 valence electrons. The van der Waals surface area contributed by atoms with E-state index in [0.29, 0.717) is 16.5 Å². The van der Waals surface area contributed by atoms with Gasteiger partial charge in [-0.15, -0.1) is 0 Å². The Kier molecular flexibility index (Phi) is 3.98. The second kappa shape index (κ2) is 6.17. The quantitative estimate of drug-likeness (QED) is 0.624. The maximum absolute atomic E-state index is 12.4. The molecule has 1 aromatic heterocycles. The first kappa shape index (κ1) is 16.1. The van der Waals surface area contributed by atoms with E-state index in [1.54, 1.807) is 6.08 Å². The summed E-state index contributed by atoms with van der Waals surface area (Å²) >= 11 is 12.1. The van der Waals surface area contributed by atoms with Crippen LogP contribution in [0.3, 0.4) is 0 Å². The first-order valence-electron chi connectivity index (χ1n) is 7.88. The highest BCUT2D eigenvalue weighted by molar-refractivity contribution is 6.31. The van der Waals surface area contributed by atoms with Gasteiger partial charge in [-0.05, 0) is 36.8 Å². The van der Waals surface area contributed by atoms with E-state index in [9.17, 15) is 4.79 Å². The molecule has 5 heteroatoms. The molecule has 0 radical (unpaired) electrons. The van der Waals surface area contributed by atoms with Crippen molar-refractivity contribution in [3.63, 3.8) is 0 Å². The molecule has 1 aliphatic rings. The third-order valence-corrected chi connectivity index (χ3v) is 4.76. The number of aromatic nitrogens is 2. The van der Waals surface area contributed by atoms with Crippen LogP contribution in [0, 0.1) is 6.92 Å². The highest BCUT2D eigenvalue weighted by atomic mass is 35.5. The molecule has 25 heavy (non-hydrogen) atoms. The minimum Gasteiger partial charge on any atom is -0.294 e. The molecule has 2 heterocycles. The Hall–Kier alpha value is -2.36. The van der Waals surface area contributed by atoms with Gasteiger partial charge in [-0.2, -0.15) is 5.10 Å². The average Bonchev–Trinajstić information content (AvgIpc) is 2.91. The van der Waals surface area contributed by atoms with Gasteiger partial charge in [-0.25, -0.2) is 4.68 Å². The third-order valence-electron chi connectivity index (χ3n) is 4.28. The Labute approximate surface area is 155 Å². The van der Waals surface area contributed by atoms with Crippen LogP contribution in [-0.4, -0.2) is 15.6 Å². The molecule has 0 amide bonds. The summed E-state index contributed by atoms with van der Waals surface area (Å²) in [5.41, 5.74) is 5.37. The first-order chi connectivity index (χ1) is 12.0. The summed E-state index contributed by atoms with van der Waals surface area (Å²) in [6.07, 6.45) is 1.96. The number of nitrogens with zero attached hydrogens (tertiary/aromatic N) is 2. The highest BCUT2D eigenvalue weighted by Crippen LogP contribution is 2.34. The van der Waals surface area contributed by atoms with Crippen LogP contribution >= 0.6 is 23.2 Å². The molecule has 1 aliphatic heterocycles. The highest BCUT2D eigenvalue weighted by Gasteiger charge is 2.25. The minimum absolute atomic E-state index is 0.0533. The van der Waals surface area contributed by atoms with E-state index >= 15 is 0 Å². The molecular formula is C20H14Cl2N2O. The molecule has 2 aromatic carbocycles. The SMILES string of the molecule is Cc1nn2c(c1-c1ccc(Cl)cc1)CC(=O)C=C2c1cccc(Cl)c1. The number of carbonyl (C=O) groups excluding carboxylic acids is 1. The van der Waals surface area contributed by atoms with E-state index in [0.717, 1.165) is 33.8 Å². The summed E-state index contributed by atoms with van der Waals surface area (Å²) in [6.45, 7) is 1.95. The zero-order valence-electron chi connectivity index (χ0n) is 13.5. The molecule has 0 spiro atoms. The maximum Gasteiger partial charge on any atom is 0.163 e. The average molecular weight is 369 g/mol. The number of aryl methyl sites for hydroxylation is 1. The molecule has 0 bridgehead atoms. The van der Waals surface area contributed by atoms with Crippen LogP contribution < -0.4 is 0 Å². The van der Waals surface area contributed by atoms with E-state index < -0.39 is 0 Å². The van der Waals surface area contributed by atoms with Gasteiger partial charge in [0, 0.05) is 27.2 Å². The number of hydrogen-bond acceptors (Lipinski definition) is 2. The fourth-order valence-electron chi connectivity index (χ4n) is 3.21. The largest absolute Gasteiger partial charge is 0.294 e. The fourth-order valence-corrected chi connectivity index (χ4v) is 3.53. The molecular weight excluding hydrogens is 355 g/mol. The van der Waals surface area contributed by atoms with Crippen molar-refractivity contribution in [1.82, 2.24) is 9.78 Å². The van der Waals surface area contributed by atoms with E-state index in [-0.39, 0.29) is 5.78 Å². The van der Waals surface area contributed by atoms with Crippen LogP contribution in [0.4, 0.5) is 0 Å². The topological polar surface area (TPSA) is 34.9 Å². The van der Waals surface area contributed by atoms with Crippen LogP contribution in [0.15, 0.2) is 54.6 Å². The molecule has 0 fully saturated rings. The lowest BCUT2D eigenvalue weighted by atomic mass is 9.97. The van der Waals surface area contributed by atoms with Crippen molar-refractivity contribution in [2.45, 2.75) is 13.3 Å². The first-order valence-corrected chi connectivity index (χ1v) is 8.64. The molecule has 0 N–H and O–H groups in total. The van der Waals surface area contributed by atoms with Crippen molar-refractivity contribution in [3.05, 3.63) is 81.6 Å². The summed E-state index contributed by atoms with van der Waals surface area (Å²) in [5, 5.41) is 6.00. The summed E-state index contributed by atoms with van der Waals surface area (Å²) < 4.78 is 1.85. The Bertz CT molecular complexity index is 1020. The predicted octanol–water partition coefficient (Wildman–Crippen LogP) is 5.18. The van der Waals surface area contributed by atoms with Gasteiger partial charge in [0.25, 0.3) is 0 Å². The van der Waals surface area contributed by atoms with Gasteiger partial charge in [0.2, 0.25) is 0 Å². The summed E-state index contributed by atoms with van der Waals surface area (Å²) in [6, 6.07) is 15.0. The Balaban J connectivity index is 1.91. The third kappa shape index (κ3) is 2.90. The second-order valence-corrected chi connectivity index (χ2v) is 6.88. The van der Waals surface area contributed by atoms with Crippen LogP contribution in [0.5, 0.6) is 0 Å². The maximum atomic E-state index is 12.4. The van der Waals surface area contributed by atoms with Gasteiger partial charge in [-0.1, -0.05) is 47.5 Å². The summed E-state index contributed by atoms with van der Waals surface area (Å²) in [4.78, 5) is 12.4. The van der Waals surface area contributed by atoms with Crippen LogP contribution in [0.2, 0.25) is 10.0 Å². The predicted molar refractivity (Wildman–Crippen MR) is 101 cm³/mol. The second-order valence-electron chi connectivity index (χ2n) is 6.01. The number of fused-ring (bicyclic) bond motifs is 1. The number of ketones is 1. The molecule has 0 saturated carbocycles. The minimum atomic E-state index is 0.0533. The van der Waals surface area contributed by atoms with Gasteiger partial charge in [0.15, 0.2) is 5.78 Å². The van der Waals surface area contributed by atoms with E-state index in [1.165, 1.54) is 0 Å². The van der Waals surface area contributed by atoms with Gasteiger partial charge in [0.1, 0.15) is 0 Å². The number of hydrogen-bond donors (Lipinski definition) is 0. The lowest BCUT2D eigenvalue weighted by Crippen LogP contribution is -2.16. The zero-order valence-corrected chi connectivity index (χ0v) is 15.0. The van der Waals surface area contributed by atoms with Crippen LogP contribution in [-0.2, 0) is 11.2 Å². The van der Waals surface area contributed by atoms with Crippen molar-refractivity contribution >= 4 is 34.7 Å². The van der Waals surface area contributed by atoms with Gasteiger partial charge in [-0.3, -0.25) is 4.79 Å². The van der Waals surface area contributed by atoms with Gasteiger partial charge < -0.3 is 0 Å². The van der Waals surface area contributed by atoms with Crippen molar-refractivity contribution in [2.24, 2.45) is 0 Å². The number of allylic oxidation sites excluding steroid dienone is 1. The summed E-state index contributed by atoms with van der Waals surface area (Å²) in [7, 11) is 0. The van der Waals surface area contributed by atoms with Gasteiger partial charge >= 0.3 is 0 Å². The molecule has 0 unspecified atom stereocenters. The van der Waals surface area contributed by atoms with Crippen LogP contribution in [0.25, 0.3) is 16.8 Å². The molecule has 4 rings (SSSR count). The number of rotatable bonds is 2. The Morgan fingerprint density at radius 1 is 1.00 bits per heavy atom. The number of halogens is 2. The van der Waals surface area contributed by atoms with Crippen LogP contribution in [0.1, 0.15) is 17.0 Å². The lowest BCUT2D eigenvalue weighted by Gasteiger charge is -2.17. The van der Waals surface area contributed by atoms with E-state index in [2.05, 4.69) is 0 Å². The van der Waals surface area contributed by atoms with E-state index in [1.807, 2.05) is 60.1 Å².